The van der Waals surface area contributed by atoms with Gasteiger partial charge in [-0.25, -0.2) is 9.18 Å². The molecule has 1 fully saturated rings. The Morgan fingerprint density at radius 3 is 1.86 bits per heavy atom. The molecule has 1 saturated heterocycles. The Morgan fingerprint density at radius 1 is 0.778 bits per heavy atom. The van der Waals surface area contributed by atoms with E-state index < -0.39 is 35.2 Å². The molecule has 0 aliphatic carbocycles. The molecule has 1 aliphatic heterocycles. The van der Waals surface area contributed by atoms with Gasteiger partial charge in [0.25, 0.3) is 0 Å². The highest BCUT2D eigenvalue weighted by Gasteiger charge is 2.37. The van der Waals surface area contributed by atoms with Crippen LogP contribution < -0.4 is 10.2 Å². The molecule has 0 saturated carbocycles. The van der Waals surface area contributed by atoms with E-state index in [1.165, 1.54) is 17.0 Å². The van der Waals surface area contributed by atoms with E-state index in [9.17, 15) is 35.5 Å². The minimum absolute atomic E-state index is 0.00316. The van der Waals surface area contributed by atoms with Gasteiger partial charge in [-0.15, -0.1) is 10.2 Å². The van der Waals surface area contributed by atoms with Crippen LogP contribution in [0, 0.1) is 5.82 Å². The van der Waals surface area contributed by atoms with E-state index in [0.717, 1.165) is 0 Å². The van der Waals surface area contributed by atoms with Crippen LogP contribution in [0.3, 0.4) is 0 Å². The molecule has 0 atom stereocenters. The standard InChI is InChI=1S/C23H18F7N5O/c24-17-3-1-14(2-4-17)19-5-6-20(33-32-19)34-7-9-35(10-8-34)21(36)31-18-12-15(22(25,26)27)11-16(13-18)23(28,29)30/h1-6,11-13H,7-10H2,(H,31,36). The molecular formula is C23H18F7N5O. The fourth-order valence-corrected chi connectivity index (χ4v) is 3.64. The van der Waals surface area contributed by atoms with E-state index in [-0.39, 0.29) is 25.0 Å². The van der Waals surface area contributed by atoms with E-state index in [4.69, 9.17) is 0 Å². The van der Waals surface area contributed by atoms with Crippen molar-refractivity contribution in [1.29, 1.82) is 0 Å². The summed E-state index contributed by atoms with van der Waals surface area (Å²) in [6, 6.07) is 9.26. The number of anilines is 2. The van der Waals surface area contributed by atoms with Crippen molar-refractivity contribution in [3.05, 3.63) is 71.5 Å². The number of halogens is 7. The number of carbonyl (C=O) groups excluding carboxylic acids is 1. The monoisotopic (exact) mass is 513 g/mol. The summed E-state index contributed by atoms with van der Waals surface area (Å²) >= 11 is 0. The lowest BCUT2D eigenvalue weighted by Crippen LogP contribution is -2.50. The van der Waals surface area contributed by atoms with Crippen LogP contribution in [-0.2, 0) is 12.4 Å². The molecule has 1 aromatic heterocycles. The Hall–Kier alpha value is -3.90. The van der Waals surface area contributed by atoms with E-state index in [1.54, 1.807) is 24.3 Å². The maximum absolute atomic E-state index is 13.1. The molecule has 1 N–H and O–H groups in total. The molecule has 36 heavy (non-hydrogen) atoms. The Kier molecular flexibility index (Phi) is 6.74. The highest BCUT2D eigenvalue weighted by Crippen LogP contribution is 2.37. The second kappa shape index (κ2) is 9.63. The lowest BCUT2D eigenvalue weighted by molar-refractivity contribution is -0.143. The Bertz CT molecular complexity index is 1190. The minimum Gasteiger partial charge on any atom is -0.352 e. The van der Waals surface area contributed by atoms with Gasteiger partial charge >= 0.3 is 18.4 Å². The van der Waals surface area contributed by atoms with Crippen molar-refractivity contribution < 1.29 is 35.5 Å². The molecule has 0 unspecified atom stereocenters. The van der Waals surface area contributed by atoms with Gasteiger partial charge in [0, 0.05) is 37.4 Å². The zero-order valence-electron chi connectivity index (χ0n) is 18.4. The molecule has 190 valence electrons. The SMILES string of the molecule is O=C(Nc1cc(C(F)(F)F)cc(C(F)(F)F)c1)N1CCN(c2ccc(-c3ccc(F)cc3)nn2)CC1. The molecule has 4 rings (SSSR count). The topological polar surface area (TPSA) is 61.4 Å². The van der Waals surface area contributed by atoms with Crippen LogP contribution in [0.1, 0.15) is 11.1 Å². The smallest absolute Gasteiger partial charge is 0.352 e. The van der Waals surface area contributed by atoms with Gasteiger partial charge in [-0.1, -0.05) is 0 Å². The maximum Gasteiger partial charge on any atom is 0.416 e. The highest BCUT2D eigenvalue weighted by molar-refractivity contribution is 5.89. The summed E-state index contributed by atoms with van der Waals surface area (Å²) in [6.45, 7) is 0.930. The van der Waals surface area contributed by atoms with E-state index in [2.05, 4.69) is 15.5 Å². The van der Waals surface area contributed by atoms with Crippen molar-refractivity contribution in [2.45, 2.75) is 12.4 Å². The second-order valence-corrected chi connectivity index (χ2v) is 7.98. The number of rotatable bonds is 3. The largest absolute Gasteiger partial charge is 0.416 e. The lowest BCUT2D eigenvalue weighted by atomic mass is 10.1. The number of urea groups is 1. The van der Waals surface area contributed by atoms with Gasteiger partial charge < -0.3 is 15.1 Å². The van der Waals surface area contributed by atoms with Crippen molar-refractivity contribution in [1.82, 2.24) is 15.1 Å². The maximum atomic E-state index is 13.1. The van der Waals surface area contributed by atoms with Gasteiger partial charge in [0.05, 0.1) is 16.8 Å². The molecule has 13 heteroatoms. The zero-order chi connectivity index (χ0) is 26.1. The van der Waals surface area contributed by atoms with Gasteiger partial charge in [-0.2, -0.15) is 26.3 Å². The number of piperazine rings is 1. The summed E-state index contributed by atoms with van der Waals surface area (Å²) < 4.78 is 91.4. The lowest BCUT2D eigenvalue weighted by Gasteiger charge is -2.35. The van der Waals surface area contributed by atoms with Crippen LogP contribution in [0.5, 0.6) is 0 Å². The van der Waals surface area contributed by atoms with Gasteiger partial charge in [-0.05, 0) is 54.6 Å². The van der Waals surface area contributed by atoms with Crippen LogP contribution in [-0.4, -0.2) is 47.3 Å². The quantitative estimate of drug-likeness (QED) is 0.459. The van der Waals surface area contributed by atoms with Crippen molar-refractivity contribution in [2.24, 2.45) is 0 Å². The molecule has 1 aliphatic rings. The van der Waals surface area contributed by atoms with Crippen molar-refractivity contribution >= 4 is 17.5 Å². The number of alkyl halides is 6. The predicted octanol–water partition coefficient (Wildman–Crippen LogP) is 5.67. The van der Waals surface area contributed by atoms with Crippen LogP contribution >= 0.6 is 0 Å². The number of nitrogens with one attached hydrogen (secondary N) is 1. The summed E-state index contributed by atoms with van der Waals surface area (Å²) in [5.74, 6) is 0.146. The minimum atomic E-state index is -5.01. The first-order valence-corrected chi connectivity index (χ1v) is 10.6. The third kappa shape index (κ3) is 5.83. The Balaban J connectivity index is 1.39. The first kappa shape index (κ1) is 25.2. The number of aromatic nitrogens is 2. The average Bonchev–Trinajstić information content (AvgIpc) is 2.83. The van der Waals surface area contributed by atoms with E-state index >= 15 is 0 Å². The predicted molar refractivity (Wildman–Crippen MR) is 117 cm³/mol. The van der Waals surface area contributed by atoms with Crippen molar-refractivity contribution in [3.8, 4) is 11.3 Å². The fraction of sp³-hybridized carbons (Fsp3) is 0.261. The van der Waals surface area contributed by atoms with Crippen LogP contribution in [0.15, 0.2) is 54.6 Å². The normalized spacial score (nSPS) is 14.6. The fourth-order valence-electron chi connectivity index (χ4n) is 3.64. The van der Waals surface area contributed by atoms with Gasteiger partial charge in [0.15, 0.2) is 5.82 Å². The van der Waals surface area contributed by atoms with E-state index in [0.29, 0.717) is 42.3 Å². The van der Waals surface area contributed by atoms with Crippen molar-refractivity contribution in [3.63, 3.8) is 0 Å². The molecule has 2 heterocycles. The summed E-state index contributed by atoms with van der Waals surface area (Å²) in [6.07, 6.45) is -10.0. The Morgan fingerprint density at radius 2 is 1.36 bits per heavy atom. The van der Waals surface area contributed by atoms with Gasteiger partial charge in [0.2, 0.25) is 0 Å². The number of nitrogens with zero attached hydrogens (tertiary/aromatic N) is 4. The third-order valence-corrected chi connectivity index (χ3v) is 5.52. The molecule has 2 amide bonds. The first-order valence-electron chi connectivity index (χ1n) is 10.6. The van der Waals surface area contributed by atoms with Crippen LogP contribution in [0.2, 0.25) is 0 Å². The number of benzene rings is 2. The molecule has 0 radical (unpaired) electrons. The third-order valence-electron chi connectivity index (χ3n) is 5.52. The van der Waals surface area contributed by atoms with Gasteiger partial charge in [0.1, 0.15) is 5.82 Å². The summed E-state index contributed by atoms with van der Waals surface area (Å²) in [4.78, 5) is 15.6. The van der Waals surface area contributed by atoms with Crippen LogP contribution in [0.25, 0.3) is 11.3 Å². The molecule has 2 aromatic carbocycles. The second-order valence-electron chi connectivity index (χ2n) is 7.98. The highest BCUT2D eigenvalue weighted by atomic mass is 19.4. The van der Waals surface area contributed by atoms with E-state index in [1.807, 2.05) is 4.90 Å². The molecule has 3 aromatic rings. The summed E-state index contributed by atoms with van der Waals surface area (Å²) in [5.41, 5.74) is -2.41. The number of amides is 2. The number of carbonyl (C=O) groups is 1. The summed E-state index contributed by atoms with van der Waals surface area (Å²) in [7, 11) is 0. The molecule has 6 nitrogen and oxygen atoms in total. The number of hydrogen-bond acceptors (Lipinski definition) is 4. The van der Waals surface area contributed by atoms with Crippen LogP contribution in [0.4, 0.5) is 47.0 Å². The molecule has 0 spiro atoms. The summed E-state index contributed by atoms with van der Waals surface area (Å²) in [5, 5.41) is 10.4. The average molecular weight is 513 g/mol. The van der Waals surface area contributed by atoms with Gasteiger partial charge in [-0.3, -0.25) is 0 Å². The molecular weight excluding hydrogens is 495 g/mol. The molecule has 0 bridgehead atoms. The first-order chi connectivity index (χ1) is 16.9. The van der Waals surface area contributed by atoms with Crippen molar-refractivity contribution in [2.75, 3.05) is 36.4 Å². The Labute approximate surface area is 200 Å². The zero-order valence-corrected chi connectivity index (χ0v) is 18.4. The number of hydrogen-bond donors (Lipinski definition) is 1.